The Morgan fingerprint density at radius 3 is 2.47 bits per heavy atom. The van der Waals surface area contributed by atoms with E-state index in [-0.39, 0.29) is 6.04 Å². The number of hydrogen-bond acceptors (Lipinski definition) is 5. The Labute approximate surface area is 118 Å². The first kappa shape index (κ1) is 12.4. The zero-order valence-electron chi connectivity index (χ0n) is 10.0. The Kier molecular flexibility index (Phi) is 3.37. The van der Waals surface area contributed by atoms with Gasteiger partial charge < -0.3 is 4.90 Å². The summed E-state index contributed by atoms with van der Waals surface area (Å²) in [6, 6.07) is 0.0542. The summed E-state index contributed by atoms with van der Waals surface area (Å²) in [5.74, 6) is 0.837. The van der Waals surface area contributed by atoms with Crippen molar-refractivity contribution in [2.45, 2.75) is 18.9 Å². The predicted octanol–water partition coefficient (Wildman–Crippen LogP) is 2.51. The number of hydrogen-bond donors (Lipinski definition) is 0. The fraction of sp³-hybridized carbons (Fsp3) is 0.333. The molecule has 1 saturated heterocycles. The lowest BCUT2D eigenvalue weighted by Crippen LogP contribution is -2.26. The molecule has 0 N–H and O–H groups in total. The third-order valence-corrected chi connectivity index (χ3v) is 3.46. The van der Waals surface area contributed by atoms with Crippen LogP contribution in [-0.2, 0) is 0 Å². The van der Waals surface area contributed by atoms with Crippen LogP contribution in [0.1, 0.15) is 24.7 Å². The molecule has 0 amide bonds. The summed E-state index contributed by atoms with van der Waals surface area (Å²) in [6.07, 6.45) is 7.78. The highest BCUT2D eigenvalue weighted by Gasteiger charge is 2.30. The number of rotatable bonds is 2. The van der Waals surface area contributed by atoms with Crippen LogP contribution in [0.25, 0.3) is 0 Å². The highest BCUT2D eigenvalue weighted by atomic mass is 79.9. The number of anilines is 1. The second-order valence-electron chi connectivity index (χ2n) is 4.31. The number of aromatic nitrogens is 4. The molecule has 1 unspecified atom stereocenters. The summed E-state index contributed by atoms with van der Waals surface area (Å²) in [5, 5.41) is 0. The van der Waals surface area contributed by atoms with Gasteiger partial charge in [0.15, 0.2) is 11.6 Å². The lowest BCUT2D eigenvalue weighted by atomic mass is 10.2. The standard InChI is InChI=1S/C12H11BrFN5/c13-8-4-15-11(16-5-8)10-2-1-3-19(10)12-17-6-9(14)7-18-12/h4-7,10H,1-3H2. The summed E-state index contributed by atoms with van der Waals surface area (Å²) < 4.78 is 13.7. The van der Waals surface area contributed by atoms with E-state index in [4.69, 9.17) is 0 Å². The Bertz CT molecular complexity index is 508. The minimum Gasteiger partial charge on any atom is -0.331 e. The van der Waals surface area contributed by atoms with Gasteiger partial charge in [0.05, 0.1) is 22.9 Å². The molecule has 7 heteroatoms. The van der Waals surface area contributed by atoms with Gasteiger partial charge in [-0.3, -0.25) is 0 Å². The molecule has 2 aromatic heterocycles. The summed E-state index contributed by atoms with van der Waals surface area (Å²) in [4.78, 5) is 18.7. The van der Waals surface area contributed by atoms with Gasteiger partial charge in [-0.25, -0.2) is 24.3 Å². The molecule has 3 heterocycles. The molecule has 98 valence electrons. The fourth-order valence-electron chi connectivity index (χ4n) is 2.22. The van der Waals surface area contributed by atoms with Crippen LogP contribution in [-0.4, -0.2) is 26.5 Å². The monoisotopic (exact) mass is 323 g/mol. The summed E-state index contributed by atoms with van der Waals surface area (Å²) in [6.45, 7) is 0.829. The summed E-state index contributed by atoms with van der Waals surface area (Å²) in [7, 11) is 0. The second-order valence-corrected chi connectivity index (χ2v) is 5.23. The molecular weight excluding hydrogens is 313 g/mol. The Morgan fingerprint density at radius 1 is 1.11 bits per heavy atom. The van der Waals surface area contributed by atoms with Gasteiger partial charge in [-0.05, 0) is 28.8 Å². The van der Waals surface area contributed by atoms with Crippen molar-refractivity contribution in [2.75, 3.05) is 11.4 Å². The van der Waals surface area contributed by atoms with E-state index in [1.165, 1.54) is 12.4 Å². The first-order chi connectivity index (χ1) is 9.24. The smallest absolute Gasteiger partial charge is 0.226 e. The van der Waals surface area contributed by atoms with E-state index in [1.807, 2.05) is 4.90 Å². The van der Waals surface area contributed by atoms with Crippen LogP contribution in [0.5, 0.6) is 0 Å². The van der Waals surface area contributed by atoms with E-state index in [0.29, 0.717) is 5.95 Å². The van der Waals surface area contributed by atoms with Gasteiger partial charge in [-0.1, -0.05) is 0 Å². The minimum atomic E-state index is -0.431. The maximum atomic E-state index is 12.9. The molecule has 3 rings (SSSR count). The summed E-state index contributed by atoms with van der Waals surface area (Å²) >= 11 is 3.32. The molecule has 0 bridgehead atoms. The normalized spacial score (nSPS) is 18.8. The molecule has 5 nitrogen and oxygen atoms in total. The van der Waals surface area contributed by atoms with Crippen LogP contribution in [0.2, 0.25) is 0 Å². The number of halogens is 2. The average molecular weight is 324 g/mol. The van der Waals surface area contributed by atoms with Crippen molar-refractivity contribution in [3.63, 3.8) is 0 Å². The van der Waals surface area contributed by atoms with Crippen LogP contribution in [0.4, 0.5) is 10.3 Å². The SMILES string of the molecule is Fc1cnc(N2CCCC2c2ncc(Br)cn2)nc1. The van der Waals surface area contributed by atoms with E-state index in [0.717, 1.165) is 29.7 Å². The molecule has 0 aromatic carbocycles. The quantitative estimate of drug-likeness (QED) is 0.850. The molecule has 1 fully saturated rings. The van der Waals surface area contributed by atoms with E-state index >= 15 is 0 Å². The van der Waals surface area contributed by atoms with Crippen LogP contribution < -0.4 is 4.90 Å². The largest absolute Gasteiger partial charge is 0.331 e. The zero-order chi connectivity index (χ0) is 13.2. The highest BCUT2D eigenvalue weighted by molar-refractivity contribution is 9.10. The fourth-order valence-corrected chi connectivity index (χ4v) is 2.43. The molecule has 19 heavy (non-hydrogen) atoms. The molecule has 0 spiro atoms. The third-order valence-electron chi connectivity index (χ3n) is 3.05. The van der Waals surface area contributed by atoms with Gasteiger partial charge in [-0.15, -0.1) is 0 Å². The van der Waals surface area contributed by atoms with Crippen LogP contribution in [0.3, 0.4) is 0 Å². The second kappa shape index (κ2) is 5.16. The van der Waals surface area contributed by atoms with Crippen molar-refractivity contribution in [3.05, 3.63) is 40.9 Å². The topological polar surface area (TPSA) is 54.8 Å². The average Bonchev–Trinajstić information content (AvgIpc) is 2.90. The van der Waals surface area contributed by atoms with Crippen LogP contribution in [0, 0.1) is 5.82 Å². The van der Waals surface area contributed by atoms with Crippen molar-refractivity contribution >= 4 is 21.9 Å². The molecule has 0 saturated carbocycles. The van der Waals surface area contributed by atoms with Gasteiger partial charge in [0.2, 0.25) is 5.95 Å². The molecule has 1 aliphatic heterocycles. The van der Waals surface area contributed by atoms with Crippen molar-refractivity contribution in [1.82, 2.24) is 19.9 Å². The van der Waals surface area contributed by atoms with Gasteiger partial charge >= 0.3 is 0 Å². The van der Waals surface area contributed by atoms with Crippen molar-refractivity contribution in [1.29, 1.82) is 0 Å². The molecule has 1 aliphatic rings. The highest BCUT2D eigenvalue weighted by Crippen LogP contribution is 2.32. The molecule has 1 atom stereocenters. The Hall–Kier alpha value is -1.63. The van der Waals surface area contributed by atoms with E-state index < -0.39 is 5.82 Å². The molecule has 0 aliphatic carbocycles. The third kappa shape index (κ3) is 2.56. The molecule has 2 aromatic rings. The van der Waals surface area contributed by atoms with Gasteiger partial charge in [0, 0.05) is 18.9 Å². The summed E-state index contributed by atoms with van der Waals surface area (Å²) in [5.41, 5.74) is 0. The van der Waals surface area contributed by atoms with Crippen LogP contribution in [0.15, 0.2) is 29.3 Å². The first-order valence-electron chi connectivity index (χ1n) is 5.95. The van der Waals surface area contributed by atoms with Crippen LogP contribution >= 0.6 is 15.9 Å². The maximum Gasteiger partial charge on any atom is 0.226 e. The first-order valence-corrected chi connectivity index (χ1v) is 6.75. The van der Waals surface area contributed by atoms with Gasteiger partial charge in [0.25, 0.3) is 0 Å². The predicted molar refractivity (Wildman–Crippen MR) is 71.0 cm³/mol. The molecule has 0 radical (unpaired) electrons. The zero-order valence-corrected chi connectivity index (χ0v) is 11.6. The lowest BCUT2D eigenvalue weighted by molar-refractivity contribution is 0.605. The van der Waals surface area contributed by atoms with E-state index in [2.05, 4.69) is 35.9 Å². The minimum absolute atomic E-state index is 0.0542. The maximum absolute atomic E-state index is 12.9. The van der Waals surface area contributed by atoms with Crippen molar-refractivity contribution in [2.24, 2.45) is 0 Å². The lowest BCUT2D eigenvalue weighted by Gasteiger charge is -2.23. The van der Waals surface area contributed by atoms with E-state index in [9.17, 15) is 4.39 Å². The van der Waals surface area contributed by atoms with Crippen molar-refractivity contribution in [3.8, 4) is 0 Å². The molecular formula is C12H11BrFN5. The van der Waals surface area contributed by atoms with Crippen molar-refractivity contribution < 1.29 is 4.39 Å². The van der Waals surface area contributed by atoms with E-state index in [1.54, 1.807) is 12.4 Å². The Balaban J connectivity index is 1.89. The number of nitrogens with zero attached hydrogens (tertiary/aromatic N) is 5. The van der Waals surface area contributed by atoms with Gasteiger partial charge in [0.1, 0.15) is 0 Å². The Morgan fingerprint density at radius 2 is 1.79 bits per heavy atom. The van der Waals surface area contributed by atoms with Gasteiger partial charge in [-0.2, -0.15) is 0 Å².